The van der Waals surface area contributed by atoms with Gasteiger partial charge in [-0.15, -0.1) is 0 Å². The molecule has 90 valence electrons. The summed E-state index contributed by atoms with van der Waals surface area (Å²) in [6.07, 6.45) is 8.12. The molecule has 0 atom stereocenters. The maximum atomic E-state index is 2.51. The van der Waals surface area contributed by atoms with Crippen molar-refractivity contribution in [1.82, 2.24) is 0 Å². The van der Waals surface area contributed by atoms with Crippen LogP contribution >= 0.6 is 0 Å². The molecule has 0 N–H and O–H groups in total. The highest BCUT2D eigenvalue weighted by atomic mass is 28.2. The van der Waals surface area contributed by atoms with E-state index in [0.29, 0.717) is 0 Å². The number of unbranched alkanes of at least 4 members (excludes halogenated alkanes) is 3. The van der Waals surface area contributed by atoms with E-state index in [2.05, 4.69) is 38.6 Å². The van der Waals surface area contributed by atoms with E-state index >= 15 is 0 Å². The molecule has 0 bridgehead atoms. The topological polar surface area (TPSA) is 0 Å². The summed E-state index contributed by atoms with van der Waals surface area (Å²) in [6.45, 7) is 6.91. The average molecular weight is 234 g/mol. The molecule has 0 aliphatic carbocycles. The smallest absolute Gasteiger partial charge is 0.0408 e. The van der Waals surface area contributed by atoms with Gasteiger partial charge in [-0.1, -0.05) is 69.4 Å². The molecular weight excluding hydrogens is 208 g/mol. The highest BCUT2D eigenvalue weighted by Crippen LogP contribution is 2.12. The summed E-state index contributed by atoms with van der Waals surface area (Å²) in [5, 5.41) is 1.80. The minimum Gasteiger partial charge on any atom is -0.0776 e. The molecule has 0 radical (unpaired) electrons. The van der Waals surface area contributed by atoms with Crippen LogP contribution in [0.1, 0.15) is 57.2 Å². The van der Waals surface area contributed by atoms with Crippen LogP contribution in [0.25, 0.3) is 0 Å². The lowest BCUT2D eigenvalue weighted by Crippen LogP contribution is -2.10. The second-order valence-corrected chi connectivity index (χ2v) is 7.06. The zero-order valence-electron chi connectivity index (χ0n) is 11.2. The number of rotatable bonds is 7. The summed E-state index contributed by atoms with van der Waals surface area (Å²) < 4.78 is 0. The van der Waals surface area contributed by atoms with Crippen LogP contribution in [0.5, 0.6) is 0 Å². The molecule has 0 aliphatic heterocycles. The fourth-order valence-electron chi connectivity index (χ4n) is 2.45. The first kappa shape index (κ1) is 13.6. The van der Waals surface area contributed by atoms with Crippen LogP contribution in [0.3, 0.4) is 0 Å². The molecule has 1 heterocycles. The molecule has 0 unspecified atom stereocenters. The van der Waals surface area contributed by atoms with Gasteiger partial charge in [0.05, 0.1) is 0 Å². The first-order valence-electron chi connectivity index (χ1n) is 6.93. The molecule has 0 saturated heterocycles. The Morgan fingerprint density at radius 1 is 1.00 bits per heavy atom. The van der Waals surface area contributed by atoms with Gasteiger partial charge in [0.25, 0.3) is 0 Å². The van der Waals surface area contributed by atoms with E-state index in [1.165, 1.54) is 44.6 Å². The Hall–Kier alpha value is -0.433. The predicted octanol–water partition coefficient (Wildman–Crippen LogP) is 4.42. The van der Waals surface area contributed by atoms with Crippen molar-refractivity contribution in [3.63, 3.8) is 0 Å². The molecule has 0 spiro atoms. The summed E-state index contributed by atoms with van der Waals surface area (Å²) >= 11 is 0. The summed E-state index contributed by atoms with van der Waals surface area (Å²) in [4.78, 5) is 0. The standard InChI is InChI=1S/C15H26Si/c1-4-7-8-9-12-16-13-10-11-14(5-2)15(16)6-3/h10-11,13H,4-9,12H2,1-3H3. The van der Waals surface area contributed by atoms with Crippen LogP contribution in [0.15, 0.2) is 17.8 Å². The Morgan fingerprint density at radius 2 is 1.81 bits per heavy atom. The summed E-state index contributed by atoms with van der Waals surface area (Å²) in [5.41, 5.74) is 4.14. The van der Waals surface area contributed by atoms with Gasteiger partial charge in [0.2, 0.25) is 0 Å². The normalized spacial score (nSPS) is 10.7. The minimum absolute atomic E-state index is 0.310. The van der Waals surface area contributed by atoms with Crippen molar-refractivity contribution in [2.75, 3.05) is 0 Å². The largest absolute Gasteiger partial charge is 0.0776 e. The zero-order valence-corrected chi connectivity index (χ0v) is 12.2. The van der Waals surface area contributed by atoms with Gasteiger partial charge < -0.3 is 0 Å². The Kier molecular flexibility index (Phi) is 6.63. The molecule has 0 aromatic carbocycles. The summed E-state index contributed by atoms with van der Waals surface area (Å²) in [5.74, 6) is 0. The highest BCUT2D eigenvalue weighted by molar-refractivity contribution is 6.52. The van der Waals surface area contributed by atoms with Gasteiger partial charge in [-0.05, 0) is 24.4 Å². The molecule has 0 saturated carbocycles. The van der Waals surface area contributed by atoms with Gasteiger partial charge in [-0.25, -0.2) is 0 Å². The monoisotopic (exact) mass is 234 g/mol. The molecule has 16 heavy (non-hydrogen) atoms. The third-order valence-electron chi connectivity index (χ3n) is 3.40. The van der Waals surface area contributed by atoms with Gasteiger partial charge in [-0.3, -0.25) is 0 Å². The molecule has 0 aliphatic rings. The first-order valence-corrected chi connectivity index (χ1v) is 8.71. The Morgan fingerprint density at radius 3 is 2.44 bits per heavy atom. The van der Waals surface area contributed by atoms with Crippen molar-refractivity contribution in [3.8, 4) is 0 Å². The van der Waals surface area contributed by atoms with E-state index in [9.17, 15) is 0 Å². The third-order valence-corrected chi connectivity index (χ3v) is 6.34. The highest BCUT2D eigenvalue weighted by Gasteiger charge is 2.05. The van der Waals surface area contributed by atoms with Gasteiger partial charge in [0.15, 0.2) is 0 Å². The average Bonchev–Trinajstić information content (AvgIpc) is 2.34. The maximum Gasteiger partial charge on any atom is 0.0408 e. The van der Waals surface area contributed by atoms with E-state index in [0.717, 1.165) is 0 Å². The SMILES string of the molecule is CCCCCC[si]1cccc(CC)c1CC. The fourth-order valence-corrected chi connectivity index (χ4v) is 5.21. The Bertz CT molecular complexity index is 304. The van der Waals surface area contributed by atoms with Gasteiger partial charge in [0, 0.05) is 8.40 Å². The van der Waals surface area contributed by atoms with Gasteiger partial charge in [0.1, 0.15) is 0 Å². The predicted molar refractivity (Wildman–Crippen MR) is 75.3 cm³/mol. The molecule has 0 fully saturated rings. The lowest BCUT2D eigenvalue weighted by Gasteiger charge is -2.11. The molecule has 0 amide bonds. The minimum atomic E-state index is -0.310. The second-order valence-electron chi connectivity index (χ2n) is 4.57. The lowest BCUT2D eigenvalue weighted by molar-refractivity contribution is 0.686. The molecule has 1 rings (SSSR count). The van der Waals surface area contributed by atoms with Crippen molar-refractivity contribution in [3.05, 3.63) is 28.5 Å². The van der Waals surface area contributed by atoms with Crippen LogP contribution in [0.2, 0.25) is 0 Å². The van der Waals surface area contributed by atoms with Crippen LogP contribution in [-0.4, -0.2) is 8.40 Å². The number of hydrogen-bond donors (Lipinski definition) is 0. The van der Waals surface area contributed by atoms with Crippen molar-refractivity contribution < 1.29 is 0 Å². The quantitative estimate of drug-likeness (QED) is 0.484. The molecule has 0 nitrogen and oxygen atoms in total. The van der Waals surface area contributed by atoms with Crippen molar-refractivity contribution in [1.29, 1.82) is 0 Å². The van der Waals surface area contributed by atoms with Crippen LogP contribution in [0.4, 0.5) is 0 Å². The van der Waals surface area contributed by atoms with Crippen LogP contribution in [0, 0.1) is 0 Å². The van der Waals surface area contributed by atoms with Crippen LogP contribution < -0.4 is 0 Å². The third kappa shape index (κ3) is 3.86. The lowest BCUT2D eigenvalue weighted by atomic mass is 10.2. The fraction of sp³-hybridized carbons (Fsp3) is 0.667. The van der Waals surface area contributed by atoms with Crippen molar-refractivity contribution in [2.45, 2.75) is 65.3 Å². The number of aryl methyl sites for hydroxylation is 2. The van der Waals surface area contributed by atoms with Gasteiger partial charge >= 0.3 is 0 Å². The maximum absolute atomic E-state index is 2.51. The number of hydrogen-bond acceptors (Lipinski definition) is 0. The Labute approximate surface area is 103 Å². The van der Waals surface area contributed by atoms with E-state index < -0.39 is 0 Å². The first-order chi connectivity index (χ1) is 7.83. The van der Waals surface area contributed by atoms with Gasteiger partial charge in [-0.2, -0.15) is 0 Å². The van der Waals surface area contributed by atoms with Crippen molar-refractivity contribution in [2.24, 2.45) is 0 Å². The molecule has 1 aromatic heterocycles. The van der Waals surface area contributed by atoms with E-state index in [-0.39, 0.29) is 8.40 Å². The molecule has 1 aromatic rings. The van der Waals surface area contributed by atoms with Crippen molar-refractivity contribution >= 4 is 8.40 Å². The zero-order chi connectivity index (χ0) is 11.8. The van der Waals surface area contributed by atoms with E-state index in [1.54, 1.807) is 10.7 Å². The van der Waals surface area contributed by atoms with E-state index in [4.69, 9.17) is 0 Å². The van der Waals surface area contributed by atoms with Crippen LogP contribution in [-0.2, 0) is 18.9 Å². The molecular formula is C15H26Si. The molecule has 1 heteroatoms. The second kappa shape index (κ2) is 7.78. The summed E-state index contributed by atoms with van der Waals surface area (Å²) in [7, 11) is -0.310. The van der Waals surface area contributed by atoms with E-state index in [1.807, 2.05) is 0 Å². The Balaban J connectivity index is 2.63. The summed E-state index contributed by atoms with van der Waals surface area (Å²) in [6, 6.07) is 6.10.